The molecule has 0 aliphatic carbocycles. The molecule has 124 valence electrons. The highest BCUT2D eigenvalue weighted by atomic mass is 79.9. The molecule has 2 N–H and O–H groups in total. The zero-order valence-corrected chi connectivity index (χ0v) is 14.5. The first-order valence-electron chi connectivity index (χ1n) is 7.41. The third-order valence-electron chi connectivity index (χ3n) is 4.08. The number of ether oxygens (including phenoxy) is 1. The molecule has 1 aromatic rings. The minimum Gasteiger partial charge on any atom is -0.495 e. The maximum atomic E-state index is 13.8. The van der Waals surface area contributed by atoms with Crippen LogP contribution in [0.25, 0.3) is 0 Å². The zero-order valence-electron chi connectivity index (χ0n) is 12.9. The second-order valence-corrected chi connectivity index (χ2v) is 6.55. The summed E-state index contributed by atoms with van der Waals surface area (Å²) in [5, 5.41) is 12.2. The summed E-state index contributed by atoms with van der Waals surface area (Å²) >= 11 is 3.14. The van der Waals surface area contributed by atoms with Gasteiger partial charge in [-0.15, -0.1) is 0 Å². The van der Waals surface area contributed by atoms with E-state index in [2.05, 4.69) is 21.2 Å². The molecule has 2 rings (SSSR count). The standard InChI is InChI=1S/C15H19BBrFN2O3/c1-23-14-6-10(17)11(18)7-13(14)19-12-4-5-20(16)8-9(12)2-3-15(21)22/h6-7,9,12,19H,2-5,8H2,1H3,(H,21,22). The number of carboxylic acid groups (broad SMARTS) is 1. The van der Waals surface area contributed by atoms with Gasteiger partial charge in [0.1, 0.15) is 11.6 Å². The van der Waals surface area contributed by atoms with Crippen LogP contribution in [0.15, 0.2) is 16.6 Å². The third kappa shape index (κ3) is 4.85. The highest BCUT2D eigenvalue weighted by Crippen LogP contribution is 2.33. The van der Waals surface area contributed by atoms with E-state index in [1.54, 1.807) is 10.9 Å². The Labute approximate surface area is 144 Å². The summed E-state index contributed by atoms with van der Waals surface area (Å²) in [4.78, 5) is 12.5. The van der Waals surface area contributed by atoms with Crippen molar-refractivity contribution in [2.75, 3.05) is 25.5 Å². The Morgan fingerprint density at radius 1 is 1.61 bits per heavy atom. The van der Waals surface area contributed by atoms with Crippen molar-refractivity contribution >= 4 is 35.6 Å². The summed E-state index contributed by atoms with van der Waals surface area (Å²) in [5.74, 6) is -0.608. The number of hydrogen-bond acceptors (Lipinski definition) is 4. The zero-order chi connectivity index (χ0) is 17.0. The van der Waals surface area contributed by atoms with Crippen molar-refractivity contribution in [1.82, 2.24) is 4.81 Å². The summed E-state index contributed by atoms with van der Waals surface area (Å²) in [6.07, 6.45) is 1.35. The van der Waals surface area contributed by atoms with Crippen LogP contribution in [-0.4, -0.2) is 50.1 Å². The van der Waals surface area contributed by atoms with Crippen molar-refractivity contribution < 1.29 is 19.0 Å². The van der Waals surface area contributed by atoms with Crippen molar-refractivity contribution in [2.45, 2.75) is 25.3 Å². The number of hydrogen-bond donors (Lipinski definition) is 2. The van der Waals surface area contributed by atoms with E-state index in [1.165, 1.54) is 13.2 Å². The number of aliphatic carboxylic acids is 1. The van der Waals surface area contributed by atoms with E-state index >= 15 is 0 Å². The fourth-order valence-electron chi connectivity index (χ4n) is 2.86. The van der Waals surface area contributed by atoms with Crippen molar-refractivity contribution in [2.24, 2.45) is 5.92 Å². The van der Waals surface area contributed by atoms with E-state index in [1.807, 2.05) is 0 Å². The topological polar surface area (TPSA) is 61.8 Å². The number of halogens is 2. The van der Waals surface area contributed by atoms with Crippen molar-refractivity contribution in [1.29, 1.82) is 0 Å². The monoisotopic (exact) mass is 384 g/mol. The first kappa shape index (κ1) is 18.1. The van der Waals surface area contributed by atoms with E-state index in [9.17, 15) is 9.18 Å². The SMILES string of the molecule is [B]N1CCC(Nc2cc(F)c(Br)cc2OC)C(CCC(=O)O)C1. The lowest BCUT2D eigenvalue weighted by Gasteiger charge is -2.38. The number of benzene rings is 1. The van der Waals surface area contributed by atoms with E-state index in [4.69, 9.17) is 17.8 Å². The molecule has 2 radical (unpaired) electrons. The number of piperidine rings is 1. The summed E-state index contributed by atoms with van der Waals surface area (Å²) in [7, 11) is 7.38. The molecular weight excluding hydrogens is 366 g/mol. The third-order valence-corrected chi connectivity index (χ3v) is 4.69. The summed E-state index contributed by atoms with van der Waals surface area (Å²) < 4.78 is 19.4. The molecule has 1 aromatic carbocycles. The molecule has 1 saturated heterocycles. The van der Waals surface area contributed by atoms with E-state index in [0.717, 1.165) is 6.42 Å². The molecule has 2 atom stereocenters. The molecule has 0 bridgehead atoms. The molecule has 1 aliphatic heterocycles. The van der Waals surface area contributed by atoms with Crippen LogP contribution in [0.1, 0.15) is 19.3 Å². The second-order valence-electron chi connectivity index (χ2n) is 5.69. The first-order valence-corrected chi connectivity index (χ1v) is 8.21. The molecule has 5 nitrogen and oxygen atoms in total. The van der Waals surface area contributed by atoms with Gasteiger partial charge >= 0.3 is 5.97 Å². The number of carbonyl (C=O) groups is 1. The fraction of sp³-hybridized carbons (Fsp3) is 0.533. The van der Waals surface area contributed by atoms with E-state index < -0.39 is 5.97 Å². The lowest BCUT2D eigenvalue weighted by Crippen LogP contribution is -2.45. The van der Waals surface area contributed by atoms with Crippen LogP contribution >= 0.6 is 15.9 Å². The van der Waals surface area contributed by atoms with Crippen molar-refractivity contribution in [3.8, 4) is 5.75 Å². The molecule has 0 amide bonds. The molecule has 1 heterocycles. The molecular formula is C15H19BBrFN2O3. The Balaban J connectivity index is 2.15. The van der Waals surface area contributed by atoms with Crippen LogP contribution in [0.4, 0.5) is 10.1 Å². The lowest BCUT2D eigenvalue weighted by molar-refractivity contribution is -0.137. The van der Waals surface area contributed by atoms with Crippen LogP contribution in [0.5, 0.6) is 5.75 Å². The predicted octanol–water partition coefficient (Wildman–Crippen LogP) is 2.65. The maximum Gasteiger partial charge on any atom is 0.303 e. The van der Waals surface area contributed by atoms with E-state index in [-0.39, 0.29) is 24.2 Å². The van der Waals surface area contributed by atoms with Gasteiger partial charge in [-0.25, -0.2) is 4.39 Å². The van der Waals surface area contributed by atoms with Crippen LogP contribution < -0.4 is 10.1 Å². The molecule has 23 heavy (non-hydrogen) atoms. The average Bonchev–Trinajstić information content (AvgIpc) is 2.50. The number of methoxy groups -OCH3 is 1. The number of anilines is 1. The minimum atomic E-state index is -0.829. The van der Waals surface area contributed by atoms with Gasteiger partial charge in [-0.05, 0) is 53.8 Å². The number of rotatable bonds is 6. The first-order chi connectivity index (χ1) is 10.9. The Morgan fingerprint density at radius 3 is 3.00 bits per heavy atom. The van der Waals surface area contributed by atoms with Gasteiger partial charge < -0.3 is 20.0 Å². The van der Waals surface area contributed by atoms with Crippen LogP contribution in [0.3, 0.4) is 0 Å². The molecule has 0 aromatic heterocycles. The van der Waals surface area contributed by atoms with Crippen LogP contribution in [0.2, 0.25) is 0 Å². The molecule has 1 fully saturated rings. The van der Waals surface area contributed by atoms with Gasteiger partial charge in [0.05, 0.1) is 17.3 Å². The predicted molar refractivity (Wildman–Crippen MR) is 90.4 cm³/mol. The minimum absolute atomic E-state index is 0.0172. The average molecular weight is 385 g/mol. The fourth-order valence-corrected chi connectivity index (χ4v) is 3.18. The Bertz CT molecular complexity index is 576. The number of carboxylic acids is 1. The smallest absolute Gasteiger partial charge is 0.303 e. The normalized spacial score (nSPS) is 21.9. The van der Waals surface area contributed by atoms with Gasteiger partial charge in [0.25, 0.3) is 0 Å². The summed E-state index contributed by atoms with van der Waals surface area (Å²) in [6, 6.07) is 2.97. The Morgan fingerprint density at radius 2 is 2.35 bits per heavy atom. The molecule has 8 heteroatoms. The lowest BCUT2D eigenvalue weighted by atomic mass is 9.86. The Kier molecular flexibility index (Phi) is 6.29. The quantitative estimate of drug-likeness (QED) is 0.738. The van der Waals surface area contributed by atoms with Crippen LogP contribution in [-0.2, 0) is 4.79 Å². The van der Waals surface area contributed by atoms with Crippen molar-refractivity contribution in [3.05, 3.63) is 22.4 Å². The molecule has 1 aliphatic rings. The molecule has 0 spiro atoms. The number of nitrogens with zero attached hydrogens (tertiary/aromatic N) is 1. The van der Waals surface area contributed by atoms with Gasteiger partial charge in [0.15, 0.2) is 7.98 Å². The van der Waals surface area contributed by atoms with E-state index in [0.29, 0.717) is 35.4 Å². The van der Waals surface area contributed by atoms with Gasteiger partial charge in [0.2, 0.25) is 0 Å². The summed E-state index contributed by atoms with van der Waals surface area (Å²) in [5.41, 5.74) is 0.559. The summed E-state index contributed by atoms with van der Waals surface area (Å²) in [6.45, 7) is 1.30. The van der Waals surface area contributed by atoms with Gasteiger partial charge in [-0.2, -0.15) is 0 Å². The largest absolute Gasteiger partial charge is 0.495 e. The second kappa shape index (κ2) is 8.01. The highest BCUT2D eigenvalue weighted by molar-refractivity contribution is 9.10. The highest BCUT2D eigenvalue weighted by Gasteiger charge is 2.28. The van der Waals surface area contributed by atoms with Crippen LogP contribution in [0, 0.1) is 11.7 Å². The Hall–Kier alpha value is -1.28. The van der Waals surface area contributed by atoms with Gasteiger partial charge in [0, 0.05) is 18.5 Å². The maximum absolute atomic E-state index is 13.8. The van der Waals surface area contributed by atoms with Crippen molar-refractivity contribution in [3.63, 3.8) is 0 Å². The number of nitrogens with one attached hydrogen (secondary N) is 1. The molecule has 2 unspecified atom stereocenters. The molecule has 0 saturated carbocycles. The van der Waals surface area contributed by atoms with Gasteiger partial charge in [-0.1, -0.05) is 0 Å². The van der Waals surface area contributed by atoms with Gasteiger partial charge in [-0.3, -0.25) is 4.79 Å².